The first-order valence-corrected chi connectivity index (χ1v) is 5.97. The van der Waals surface area contributed by atoms with Gasteiger partial charge in [0.2, 0.25) is 0 Å². The predicted octanol–water partition coefficient (Wildman–Crippen LogP) is 3.77. The van der Waals surface area contributed by atoms with Crippen LogP contribution in [0.2, 0.25) is 0 Å². The number of benzene rings is 1. The lowest BCUT2D eigenvalue weighted by atomic mass is 9.98. The molecule has 76 valence electrons. The second kappa shape index (κ2) is 4.65. The van der Waals surface area contributed by atoms with Gasteiger partial charge >= 0.3 is 0 Å². The van der Waals surface area contributed by atoms with Crippen molar-refractivity contribution in [2.45, 2.75) is 11.8 Å². The highest BCUT2D eigenvalue weighted by Gasteiger charge is 2.24. The summed E-state index contributed by atoms with van der Waals surface area (Å²) < 4.78 is 6.42. The molecule has 1 aliphatic heterocycles. The molecule has 0 N–H and O–H groups in total. The number of alkyl halides is 1. The topological polar surface area (TPSA) is 9.23 Å². The smallest absolute Gasteiger partial charge is 0.0636 e. The van der Waals surface area contributed by atoms with Crippen LogP contribution in [0.1, 0.15) is 17.4 Å². The normalized spacial score (nSPS) is 23.7. The van der Waals surface area contributed by atoms with E-state index in [-0.39, 0.29) is 5.38 Å². The third-order valence-corrected chi connectivity index (χ3v) is 3.70. The summed E-state index contributed by atoms with van der Waals surface area (Å²) in [5.41, 5.74) is 1.19. The summed E-state index contributed by atoms with van der Waals surface area (Å²) in [7, 11) is 0. The van der Waals surface area contributed by atoms with Crippen LogP contribution in [0.3, 0.4) is 0 Å². The molecule has 1 fully saturated rings. The van der Waals surface area contributed by atoms with Gasteiger partial charge in [-0.2, -0.15) is 0 Å². The van der Waals surface area contributed by atoms with Crippen molar-refractivity contribution in [1.29, 1.82) is 0 Å². The van der Waals surface area contributed by atoms with Crippen LogP contribution in [0.5, 0.6) is 0 Å². The molecule has 2 unspecified atom stereocenters. The highest BCUT2D eigenvalue weighted by molar-refractivity contribution is 9.10. The average Bonchev–Trinajstić information content (AvgIpc) is 2.71. The Labute approximate surface area is 97.5 Å². The van der Waals surface area contributed by atoms with E-state index in [2.05, 4.69) is 28.1 Å². The molecule has 1 aromatic rings. The summed E-state index contributed by atoms with van der Waals surface area (Å²) in [6.07, 6.45) is 1.07. The largest absolute Gasteiger partial charge is 0.381 e. The molecule has 2 atom stereocenters. The molecule has 0 saturated carbocycles. The fourth-order valence-corrected chi connectivity index (χ4v) is 2.31. The van der Waals surface area contributed by atoms with Crippen LogP contribution < -0.4 is 0 Å². The molecular weight excluding hydrogens is 263 g/mol. The van der Waals surface area contributed by atoms with Gasteiger partial charge in [-0.15, -0.1) is 11.6 Å². The van der Waals surface area contributed by atoms with Crippen molar-refractivity contribution in [3.63, 3.8) is 0 Å². The van der Waals surface area contributed by atoms with Crippen molar-refractivity contribution in [2.24, 2.45) is 5.92 Å². The Hall–Kier alpha value is -0.0500. The minimum absolute atomic E-state index is 0.0885. The maximum atomic E-state index is 6.37. The molecule has 14 heavy (non-hydrogen) atoms. The van der Waals surface area contributed by atoms with E-state index in [4.69, 9.17) is 16.3 Å². The molecule has 1 aliphatic rings. The van der Waals surface area contributed by atoms with E-state index in [1.54, 1.807) is 0 Å². The molecule has 1 heterocycles. The van der Waals surface area contributed by atoms with Crippen molar-refractivity contribution in [1.82, 2.24) is 0 Å². The quantitative estimate of drug-likeness (QED) is 0.747. The molecule has 3 heteroatoms. The minimum atomic E-state index is 0.0885. The van der Waals surface area contributed by atoms with Gasteiger partial charge in [0.15, 0.2) is 0 Å². The summed E-state index contributed by atoms with van der Waals surface area (Å²) >= 11 is 9.78. The van der Waals surface area contributed by atoms with E-state index >= 15 is 0 Å². The van der Waals surface area contributed by atoms with E-state index in [0.717, 1.165) is 24.1 Å². The van der Waals surface area contributed by atoms with Crippen LogP contribution in [-0.4, -0.2) is 13.2 Å². The van der Waals surface area contributed by atoms with Gasteiger partial charge in [-0.05, 0) is 24.1 Å². The zero-order chi connectivity index (χ0) is 9.97. The van der Waals surface area contributed by atoms with Gasteiger partial charge in [0, 0.05) is 17.0 Å². The standard InChI is InChI=1S/C11H12BrClO/c12-10-3-1-8(2-4-10)11(13)9-5-6-14-7-9/h1-4,9,11H,5-7H2. The lowest BCUT2D eigenvalue weighted by Crippen LogP contribution is -2.07. The molecule has 1 nitrogen and oxygen atoms in total. The molecule has 0 radical (unpaired) electrons. The van der Waals surface area contributed by atoms with Crippen LogP contribution >= 0.6 is 27.5 Å². The van der Waals surface area contributed by atoms with E-state index in [9.17, 15) is 0 Å². The van der Waals surface area contributed by atoms with Crippen molar-refractivity contribution >= 4 is 27.5 Å². The third kappa shape index (κ3) is 2.30. The molecular formula is C11H12BrClO. The maximum absolute atomic E-state index is 6.37. The van der Waals surface area contributed by atoms with Crippen LogP contribution in [0, 0.1) is 5.92 Å². The van der Waals surface area contributed by atoms with E-state index in [0.29, 0.717) is 5.92 Å². The molecule has 0 aliphatic carbocycles. The SMILES string of the molecule is ClC(c1ccc(Br)cc1)C1CCOC1. The average molecular weight is 276 g/mol. The minimum Gasteiger partial charge on any atom is -0.381 e. The van der Waals surface area contributed by atoms with Crippen molar-refractivity contribution in [3.8, 4) is 0 Å². The fourth-order valence-electron chi connectivity index (χ4n) is 1.70. The monoisotopic (exact) mass is 274 g/mol. The van der Waals surface area contributed by atoms with Crippen molar-refractivity contribution < 1.29 is 4.74 Å². The predicted molar refractivity (Wildman–Crippen MR) is 61.7 cm³/mol. The zero-order valence-electron chi connectivity index (χ0n) is 7.75. The van der Waals surface area contributed by atoms with Crippen LogP contribution in [0.4, 0.5) is 0 Å². The molecule has 1 aromatic carbocycles. The Bertz CT molecular complexity index is 293. The second-order valence-corrected chi connectivity index (χ2v) is 4.96. The Kier molecular flexibility index (Phi) is 3.47. The summed E-state index contributed by atoms with van der Waals surface area (Å²) in [6.45, 7) is 1.65. The summed E-state index contributed by atoms with van der Waals surface area (Å²) in [6, 6.07) is 8.20. The van der Waals surface area contributed by atoms with E-state index < -0.39 is 0 Å². The second-order valence-electron chi connectivity index (χ2n) is 3.58. The summed E-state index contributed by atoms with van der Waals surface area (Å²) in [5, 5.41) is 0.0885. The zero-order valence-corrected chi connectivity index (χ0v) is 10.1. The molecule has 2 rings (SSSR count). The van der Waals surface area contributed by atoms with Crippen molar-refractivity contribution in [3.05, 3.63) is 34.3 Å². The number of rotatable bonds is 2. The number of halogens is 2. The van der Waals surface area contributed by atoms with Gasteiger partial charge < -0.3 is 4.74 Å². The molecule has 0 amide bonds. The van der Waals surface area contributed by atoms with Gasteiger partial charge in [-0.25, -0.2) is 0 Å². The first-order chi connectivity index (χ1) is 6.77. The van der Waals surface area contributed by atoms with E-state index in [1.807, 2.05) is 12.1 Å². The van der Waals surface area contributed by atoms with Crippen LogP contribution in [-0.2, 0) is 4.74 Å². The molecule has 0 aromatic heterocycles. The number of hydrogen-bond acceptors (Lipinski definition) is 1. The van der Waals surface area contributed by atoms with Gasteiger partial charge in [0.25, 0.3) is 0 Å². The number of ether oxygens (including phenoxy) is 1. The van der Waals surface area contributed by atoms with Crippen LogP contribution in [0.15, 0.2) is 28.7 Å². The Morgan fingerprint density at radius 1 is 1.36 bits per heavy atom. The summed E-state index contributed by atoms with van der Waals surface area (Å²) in [5.74, 6) is 0.470. The first kappa shape index (κ1) is 10.5. The molecule has 0 spiro atoms. The lowest BCUT2D eigenvalue weighted by Gasteiger charge is -2.15. The fraction of sp³-hybridized carbons (Fsp3) is 0.455. The first-order valence-electron chi connectivity index (χ1n) is 4.74. The Balaban J connectivity index is 2.09. The highest BCUT2D eigenvalue weighted by Crippen LogP contribution is 2.34. The Morgan fingerprint density at radius 2 is 2.07 bits per heavy atom. The van der Waals surface area contributed by atoms with Gasteiger partial charge in [0.1, 0.15) is 0 Å². The maximum Gasteiger partial charge on any atom is 0.0636 e. The molecule has 1 saturated heterocycles. The Morgan fingerprint density at radius 3 is 2.64 bits per heavy atom. The van der Waals surface area contributed by atoms with Gasteiger partial charge in [-0.3, -0.25) is 0 Å². The van der Waals surface area contributed by atoms with E-state index in [1.165, 1.54) is 5.56 Å². The highest BCUT2D eigenvalue weighted by atomic mass is 79.9. The third-order valence-electron chi connectivity index (χ3n) is 2.57. The van der Waals surface area contributed by atoms with Gasteiger partial charge in [-0.1, -0.05) is 28.1 Å². The number of hydrogen-bond donors (Lipinski definition) is 0. The van der Waals surface area contributed by atoms with Gasteiger partial charge in [0.05, 0.1) is 12.0 Å². The lowest BCUT2D eigenvalue weighted by molar-refractivity contribution is 0.185. The summed E-state index contributed by atoms with van der Waals surface area (Å²) in [4.78, 5) is 0. The molecule has 0 bridgehead atoms. The van der Waals surface area contributed by atoms with Crippen molar-refractivity contribution in [2.75, 3.05) is 13.2 Å². The van der Waals surface area contributed by atoms with Crippen LogP contribution in [0.25, 0.3) is 0 Å².